The third-order valence-corrected chi connectivity index (χ3v) is 4.35. The van der Waals surface area contributed by atoms with Crippen LogP contribution in [-0.2, 0) is 6.42 Å². The zero-order valence-electron chi connectivity index (χ0n) is 15.0. The minimum atomic E-state index is -0.0174. The van der Waals surface area contributed by atoms with Crippen molar-refractivity contribution in [2.24, 2.45) is 11.3 Å². The fourth-order valence-electron chi connectivity index (χ4n) is 3.04. The number of nitrogens with zero attached hydrogens (tertiary/aromatic N) is 3. The fraction of sp³-hybridized carbons (Fsp3) is 0.526. The second kappa shape index (κ2) is 6.96. The predicted octanol–water partition coefficient (Wildman–Crippen LogP) is 2.78. The highest BCUT2D eigenvalue weighted by molar-refractivity contribution is 5.95. The van der Waals surface area contributed by atoms with Gasteiger partial charge >= 0.3 is 0 Å². The summed E-state index contributed by atoms with van der Waals surface area (Å²) < 4.78 is 5.34. The molecule has 1 fully saturated rings. The normalized spacial score (nSPS) is 17.9. The Morgan fingerprint density at radius 1 is 1.40 bits per heavy atom. The van der Waals surface area contributed by atoms with E-state index in [0.29, 0.717) is 36.8 Å². The number of rotatable bonds is 4. The van der Waals surface area contributed by atoms with Gasteiger partial charge < -0.3 is 14.5 Å². The monoisotopic (exact) mass is 343 g/mol. The van der Waals surface area contributed by atoms with Crippen LogP contribution in [0.15, 0.2) is 28.8 Å². The third-order valence-electron chi connectivity index (χ3n) is 4.35. The quantitative estimate of drug-likeness (QED) is 0.923. The maximum atomic E-state index is 12.7. The molecule has 0 bridgehead atoms. The number of hydrogen-bond donors (Lipinski definition) is 1. The third kappa shape index (κ3) is 4.25. The van der Waals surface area contributed by atoms with E-state index < -0.39 is 0 Å². The molecule has 2 heterocycles. The van der Waals surface area contributed by atoms with Crippen molar-refractivity contribution in [1.82, 2.24) is 15.0 Å². The number of aliphatic hydroxyl groups is 1. The molecule has 25 heavy (non-hydrogen) atoms. The van der Waals surface area contributed by atoms with E-state index in [-0.39, 0.29) is 23.8 Å². The molecule has 1 saturated heterocycles. The van der Waals surface area contributed by atoms with Gasteiger partial charge in [0.05, 0.1) is 0 Å². The van der Waals surface area contributed by atoms with Crippen molar-refractivity contribution >= 4 is 5.91 Å². The lowest BCUT2D eigenvalue weighted by Crippen LogP contribution is -2.29. The molecule has 2 aromatic rings. The Morgan fingerprint density at radius 2 is 2.20 bits per heavy atom. The van der Waals surface area contributed by atoms with Gasteiger partial charge in [0.1, 0.15) is 0 Å². The van der Waals surface area contributed by atoms with Crippen LogP contribution in [0.5, 0.6) is 0 Å². The molecular formula is C19H25N3O3. The molecule has 0 aliphatic carbocycles. The molecule has 1 aliphatic heterocycles. The molecule has 1 aromatic heterocycles. The van der Waals surface area contributed by atoms with Crippen LogP contribution in [0, 0.1) is 11.3 Å². The molecule has 6 heteroatoms. The van der Waals surface area contributed by atoms with E-state index in [1.54, 1.807) is 17.0 Å². The van der Waals surface area contributed by atoms with E-state index in [0.717, 1.165) is 12.0 Å². The van der Waals surface area contributed by atoms with Crippen molar-refractivity contribution in [2.45, 2.75) is 33.6 Å². The van der Waals surface area contributed by atoms with Gasteiger partial charge in [0.2, 0.25) is 11.7 Å². The first kappa shape index (κ1) is 17.6. The highest BCUT2D eigenvalue weighted by Gasteiger charge is 2.26. The van der Waals surface area contributed by atoms with Crippen LogP contribution < -0.4 is 0 Å². The summed E-state index contributed by atoms with van der Waals surface area (Å²) >= 11 is 0. The van der Waals surface area contributed by atoms with Gasteiger partial charge in [0.25, 0.3) is 5.91 Å². The van der Waals surface area contributed by atoms with Crippen molar-refractivity contribution in [2.75, 3.05) is 19.7 Å². The number of amides is 1. The minimum Gasteiger partial charge on any atom is -0.396 e. The van der Waals surface area contributed by atoms with Crippen molar-refractivity contribution in [3.05, 3.63) is 35.7 Å². The summed E-state index contributed by atoms with van der Waals surface area (Å²) in [5.74, 6) is 1.27. The SMILES string of the molecule is CC(C)(C)Cc1nc(-c2cccc(C(=O)N3CCC(CO)C3)c2)no1. The summed E-state index contributed by atoms with van der Waals surface area (Å²) in [6, 6.07) is 7.32. The van der Waals surface area contributed by atoms with E-state index in [2.05, 4.69) is 30.9 Å². The highest BCUT2D eigenvalue weighted by Crippen LogP contribution is 2.24. The van der Waals surface area contributed by atoms with E-state index >= 15 is 0 Å². The summed E-state index contributed by atoms with van der Waals surface area (Å²) in [7, 11) is 0. The summed E-state index contributed by atoms with van der Waals surface area (Å²) in [4.78, 5) is 18.9. The molecule has 1 unspecified atom stereocenters. The van der Waals surface area contributed by atoms with Crippen molar-refractivity contribution in [3.8, 4) is 11.4 Å². The Hall–Kier alpha value is -2.21. The first-order valence-electron chi connectivity index (χ1n) is 8.69. The average Bonchev–Trinajstić information content (AvgIpc) is 3.22. The Morgan fingerprint density at radius 3 is 2.88 bits per heavy atom. The first-order chi connectivity index (χ1) is 11.9. The van der Waals surface area contributed by atoms with Crippen LogP contribution >= 0.6 is 0 Å². The van der Waals surface area contributed by atoms with Gasteiger partial charge in [-0.1, -0.05) is 38.1 Å². The van der Waals surface area contributed by atoms with E-state index in [9.17, 15) is 9.90 Å². The maximum absolute atomic E-state index is 12.7. The number of aliphatic hydroxyl groups excluding tert-OH is 1. The summed E-state index contributed by atoms with van der Waals surface area (Å²) in [5, 5.41) is 13.3. The van der Waals surface area contributed by atoms with Crippen LogP contribution in [0.2, 0.25) is 0 Å². The molecule has 1 amide bonds. The number of carbonyl (C=O) groups excluding carboxylic acids is 1. The zero-order chi connectivity index (χ0) is 18.0. The Labute approximate surface area is 147 Å². The van der Waals surface area contributed by atoms with Gasteiger partial charge in [-0.25, -0.2) is 0 Å². The van der Waals surface area contributed by atoms with Crippen LogP contribution in [-0.4, -0.2) is 45.8 Å². The lowest BCUT2D eigenvalue weighted by Gasteiger charge is -2.16. The van der Waals surface area contributed by atoms with Gasteiger partial charge in [-0.15, -0.1) is 0 Å². The van der Waals surface area contributed by atoms with Crippen molar-refractivity contribution in [3.63, 3.8) is 0 Å². The average molecular weight is 343 g/mol. The van der Waals surface area contributed by atoms with Crippen LogP contribution in [0.4, 0.5) is 0 Å². The van der Waals surface area contributed by atoms with E-state index in [1.807, 2.05) is 12.1 Å². The molecule has 0 radical (unpaired) electrons. The van der Waals surface area contributed by atoms with Crippen LogP contribution in [0.3, 0.4) is 0 Å². The predicted molar refractivity (Wildman–Crippen MR) is 94.0 cm³/mol. The summed E-state index contributed by atoms with van der Waals surface area (Å²) in [6.07, 6.45) is 1.55. The minimum absolute atomic E-state index is 0.0174. The highest BCUT2D eigenvalue weighted by atomic mass is 16.5. The molecular weight excluding hydrogens is 318 g/mol. The molecule has 0 spiro atoms. The number of likely N-dealkylation sites (tertiary alicyclic amines) is 1. The Kier molecular flexibility index (Phi) is 4.90. The van der Waals surface area contributed by atoms with Crippen molar-refractivity contribution < 1.29 is 14.4 Å². The second-order valence-corrected chi connectivity index (χ2v) is 7.92. The van der Waals surface area contributed by atoms with Gasteiger partial charge in [-0.3, -0.25) is 4.79 Å². The molecule has 1 aliphatic rings. The van der Waals surface area contributed by atoms with Gasteiger partial charge in [0.15, 0.2) is 0 Å². The number of hydrogen-bond acceptors (Lipinski definition) is 5. The molecule has 1 atom stereocenters. The van der Waals surface area contributed by atoms with Crippen LogP contribution in [0.1, 0.15) is 43.4 Å². The molecule has 6 nitrogen and oxygen atoms in total. The molecule has 3 rings (SSSR count). The summed E-state index contributed by atoms with van der Waals surface area (Å²) in [5.41, 5.74) is 1.45. The zero-order valence-corrected chi connectivity index (χ0v) is 15.0. The Balaban J connectivity index is 1.77. The fourth-order valence-corrected chi connectivity index (χ4v) is 3.04. The molecule has 0 saturated carbocycles. The number of carbonyl (C=O) groups is 1. The molecule has 1 N–H and O–H groups in total. The van der Waals surface area contributed by atoms with Gasteiger partial charge in [0, 0.05) is 43.2 Å². The molecule has 1 aromatic carbocycles. The summed E-state index contributed by atoms with van der Waals surface area (Å²) in [6.45, 7) is 7.77. The standard InChI is InChI=1S/C19H25N3O3/c1-19(2,3)10-16-20-17(21-25-16)14-5-4-6-15(9-14)18(24)22-8-7-13(11-22)12-23/h4-6,9,13,23H,7-8,10-12H2,1-3H3. The largest absolute Gasteiger partial charge is 0.396 e. The van der Waals surface area contributed by atoms with Crippen LogP contribution in [0.25, 0.3) is 11.4 Å². The second-order valence-electron chi connectivity index (χ2n) is 7.92. The van der Waals surface area contributed by atoms with Gasteiger partial charge in [-0.2, -0.15) is 4.98 Å². The number of benzene rings is 1. The number of aromatic nitrogens is 2. The van der Waals surface area contributed by atoms with Gasteiger partial charge in [-0.05, 0) is 24.0 Å². The molecule has 134 valence electrons. The Bertz CT molecular complexity index is 748. The lowest BCUT2D eigenvalue weighted by atomic mass is 9.92. The lowest BCUT2D eigenvalue weighted by molar-refractivity contribution is 0.0782. The topological polar surface area (TPSA) is 79.5 Å². The van der Waals surface area contributed by atoms with E-state index in [1.165, 1.54) is 0 Å². The first-order valence-corrected chi connectivity index (χ1v) is 8.69. The van der Waals surface area contributed by atoms with Crippen molar-refractivity contribution in [1.29, 1.82) is 0 Å². The smallest absolute Gasteiger partial charge is 0.253 e. The maximum Gasteiger partial charge on any atom is 0.253 e. The van der Waals surface area contributed by atoms with E-state index in [4.69, 9.17) is 4.52 Å².